The van der Waals surface area contributed by atoms with Crippen LogP contribution in [0.25, 0.3) is 0 Å². The summed E-state index contributed by atoms with van der Waals surface area (Å²) in [5.74, 6) is 0.353. The van der Waals surface area contributed by atoms with Gasteiger partial charge in [-0.1, -0.05) is 6.07 Å². The maximum Gasteiger partial charge on any atom is 0.252 e. The summed E-state index contributed by atoms with van der Waals surface area (Å²) in [5, 5.41) is 6.39. The molecule has 2 aliphatic rings. The number of piperazine rings is 1. The Hall–Kier alpha value is -1.43. The third-order valence-electron chi connectivity index (χ3n) is 5.49. The molecule has 0 aromatic carbocycles. The highest BCUT2D eigenvalue weighted by Crippen LogP contribution is 2.32. The van der Waals surface area contributed by atoms with Gasteiger partial charge in [0.1, 0.15) is 4.21 Å². The minimum atomic E-state index is -3.43. The Labute approximate surface area is 169 Å². The standard InChI is InChI=1S/C17H24N4O4S3/c1-13-17(14(2)21(18-13)15-5-11-27(22,23)12-15)19-6-8-20(9-7-19)28(24,25)16-4-3-10-26-16/h3-4,10,15H,5-9,11-12H2,1-2H3/t15-/m0/s1. The monoisotopic (exact) mass is 444 g/mol. The van der Waals surface area contributed by atoms with E-state index < -0.39 is 19.9 Å². The summed E-state index contributed by atoms with van der Waals surface area (Å²) in [6.45, 7) is 5.90. The van der Waals surface area contributed by atoms with Gasteiger partial charge in [0.2, 0.25) is 0 Å². The normalized spacial score (nSPS) is 23.4. The first kappa shape index (κ1) is 19.9. The van der Waals surface area contributed by atoms with Crippen molar-refractivity contribution >= 4 is 36.9 Å². The number of nitrogens with zero attached hydrogens (tertiary/aromatic N) is 4. The number of sulfone groups is 1. The zero-order chi connectivity index (χ0) is 20.1. The molecule has 0 unspecified atom stereocenters. The highest BCUT2D eigenvalue weighted by Gasteiger charge is 2.34. The zero-order valence-electron chi connectivity index (χ0n) is 15.9. The molecule has 4 heterocycles. The number of rotatable bonds is 4. The van der Waals surface area contributed by atoms with E-state index in [0.29, 0.717) is 36.8 Å². The van der Waals surface area contributed by atoms with Crippen LogP contribution in [-0.2, 0) is 19.9 Å². The Morgan fingerprint density at radius 1 is 1.18 bits per heavy atom. The van der Waals surface area contributed by atoms with Crippen LogP contribution in [0, 0.1) is 13.8 Å². The Morgan fingerprint density at radius 2 is 1.89 bits per heavy atom. The van der Waals surface area contributed by atoms with Crippen LogP contribution in [0.4, 0.5) is 5.69 Å². The fraction of sp³-hybridized carbons (Fsp3) is 0.588. The molecule has 0 spiro atoms. The second-order valence-corrected chi connectivity index (χ2v) is 12.7. The number of thiophene rings is 1. The van der Waals surface area contributed by atoms with Crippen molar-refractivity contribution in [2.24, 2.45) is 0 Å². The number of hydrogen-bond donors (Lipinski definition) is 0. The third kappa shape index (κ3) is 3.49. The number of aromatic nitrogens is 2. The van der Waals surface area contributed by atoms with Crippen LogP contribution in [0.5, 0.6) is 0 Å². The van der Waals surface area contributed by atoms with Crippen LogP contribution in [0.15, 0.2) is 21.7 Å². The van der Waals surface area contributed by atoms with Gasteiger partial charge in [0.25, 0.3) is 10.0 Å². The second-order valence-electron chi connectivity index (χ2n) is 7.34. The fourth-order valence-corrected chi connectivity index (χ4v) is 8.38. The first-order chi connectivity index (χ1) is 13.2. The van der Waals surface area contributed by atoms with Gasteiger partial charge in [-0.15, -0.1) is 11.3 Å². The van der Waals surface area contributed by atoms with Crippen molar-refractivity contribution in [2.75, 3.05) is 42.6 Å². The topological polar surface area (TPSA) is 92.6 Å². The van der Waals surface area contributed by atoms with Crippen molar-refractivity contribution in [3.8, 4) is 0 Å². The van der Waals surface area contributed by atoms with Crippen LogP contribution in [-0.4, -0.2) is 68.6 Å². The van der Waals surface area contributed by atoms with E-state index in [2.05, 4.69) is 10.00 Å². The van der Waals surface area contributed by atoms with E-state index in [1.54, 1.807) is 17.5 Å². The molecule has 2 saturated heterocycles. The average Bonchev–Trinajstić information content (AvgIpc) is 3.35. The Morgan fingerprint density at radius 3 is 2.46 bits per heavy atom. The van der Waals surface area contributed by atoms with Gasteiger partial charge in [-0.2, -0.15) is 9.40 Å². The summed E-state index contributed by atoms with van der Waals surface area (Å²) in [7, 11) is -6.41. The molecule has 0 saturated carbocycles. The summed E-state index contributed by atoms with van der Waals surface area (Å²) in [6, 6.07) is 3.27. The van der Waals surface area contributed by atoms with Gasteiger partial charge in [0.05, 0.1) is 34.6 Å². The summed E-state index contributed by atoms with van der Waals surface area (Å²) >= 11 is 1.24. The average molecular weight is 445 g/mol. The molecule has 154 valence electrons. The molecular formula is C17H24N4O4S3. The van der Waals surface area contributed by atoms with E-state index in [1.807, 2.05) is 18.5 Å². The van der Waals surface area contributed by atoms with Crippen molar-refractivity contribution < 1.29 is 16.8 Å². The smallest absolute Gasteiger partial charge is 0.252 e. The summed E-state index contributed by atoms with van der Waals surface area (Å²) in [4.78, 5) is 2.16. The summed E-state index contributed by atoms with van der Waals surface area (Å²) in [5.41, 5.74) is 2.81. The van der Waals surface area contributed by atoms with E-state index >= 15 is 0 Å². The summed E-state index contributed by atoms with van der Waals surface area (Å²) < 4.78 is 52.8. The fourth-order valence-electron chi connectivity index (χ4n) is 4.13. The van der Waals surface area contributed by atoms with Crippen LogP contribution < -0.4 is 4.90 Å². The van der Waals surface area contributed by atoms with Crippen molar-refractivity contribution in [1.82, 2.24) is 14.1 Å². The van der Waals surface area contributed by atoms with Gasteiger partial charge >= 0.3 is 0 Å². The minimum Gasteiger partial charge on any atom is -0.366 e. The maximum atomic E-state index is 12.7. The van der Waals surface area contributed by atoms with E-state index in [4.69, 9.17) is 0 Å². The van der Waals surface area contributed by atoms with Gasteiger partial charge in [0, 0.05) is 26.2 Å². The molecule has 2 fully saturated rings. The largest absolute Gasteiger partial charge is 0.366 e. The maximum absolute atomic E-state index is 12.7. The van der Waals surface area contributed by atoms with E-state index in [1.165, 1.54) is 15.6 Å². The van der Waals surface area contributed by atoms with Crippen molar-refractivity contribution in [2.45, 2.75) is 30.5 Å². The Balaban J connectivity index is 1.51. The highest BCUT2D eigenvalue weighted by molar-refractivity contribution is 7.91. The minimum absolute atomic E-state index is 0.113. The molecule has 0 amide bonds. The van der Waals surface area contributed by atoms with E-state index in [-0.39, 0.29) is 17.5 Å². The van der Waals surface area contributed by atoms with Crippen LogP contribution in [0.3, 0.4) is 0 Å². The lowest BCUT2D eigenvalue weighted by Gasteiger charge is -2.35. The molecule has 0 radical (unpaired) electrons. The molecule has 4 rings (SSSR count). The zero-order valence-corrected chi connectivity index (χ0v) is 18.4. The number of sulfonamides is 1. The molecule has 2 aromatic heterocycles. The number of hydrogen-bond acceptors (Lipinski definition) is 7. The Kier molecular flexibility index (Phi) is 5.05. The van der Waals surface area contributed by atoms with Crippen molar-refractivity contribution in [1.29, 1.82) is 0 Å². The molecule has 2 aliphatic heterocycles. The molecule has 28 heavy (non-hydrogen) atoms. The number of aryl methyl sites for hydroxylation is 1. The predicted octanol–water partition coefficient (Wildman–Crippen LogP) is 1.43. The Bertz CT molecular complexity index is 1070. The first-order valence-electron chi connectivity index (χ1n) is 9.24. The van der Waals surface area contributed by atoms with Crippen LogP contribution >= 0.6 is 11.3 Å². The van der Waals surface area contributed by atoms with Gasteiger partial charge in [-0.3, -0.25) is 4.68 Å². The molecule has 0 N–H and O–H groups in total. The predicted molar refractivity (Wildman–Crippen MR) is 109 cm³/mol. The lowest BCUT2D eigenvalue weighted by atomic mass is 10.2. The molecular weight excluding hydrogens is 420 g/mol. The molecule has 1 atom stereocenters. The van der Waals surface area contributed by atoms with Crippen LogP contribution in [0.1, 0.15) is 23.9 Å². The molecule has 0 aliphatic carbocycles. The second kappa shape index (κ2) is 7.12. The van der Waals surface area contributed by atoms with Gasteiger partial charge in [-0.25, -0.2) is 16.8 Å². The number of anilines is 1. The van der Waals surface area contributed by atoms with E-state index in [0.717, 1.165) is 17.1 Å². The summed E-state index contributed by atoms with van der Waals surface area (Å²) in [6.07, 6.45) is 0.594. The highest BCUT2D eigenvalue weighted by atomic mass is 32.2. The SMILES string of the molecule is Cc1nn([C@H]2CCS(=O)(=O)C2)c(C)c1N1CCN(S(=O)(=O)c2cccs2)CC1. The third-order valence-corrected chi connectivity index (χ3v) is 10.5. The molecule has 0 bridgehead atoms. The lowest BCUT2D eigenvalue weighted by molar-refractivity contribution is 0.385. The van der Waals surface area contributed by atoms with Gasteiger partial charge in [-0.05, 0) is 31.7 Å². The van der Waals surface area contributed by atoms with E-state index in [9.17, 15) is 16.8 Å². The van der Waals surface area contributed by atoms with Crippen LogP contribution in [0.2, 0.25) is 0 Å². The van der Waals surface area contributed by atoms with Crippen molar-refractivity contribution in [3.05, 3.63) is 28.9 Å². The van der Waals surface area contributed by atoms with Gasteiger partial charge in [0.15, 0.2) is 9.84 Å². The first-order valence-corrected chi connectivity index (χ1v) is 13.4. The van der Waals surface area contributed by atoms with Gasteiger partial charge < -0.3 is 4.90 Å². The molecule has 11 heteroatoms. The quantitative estimate of drug-likeness (QED) is 0.708. The molecule has 8 nitrogen and oxygen atoms in total. The lowest BCUT2D eigenvalue weighted by Crippen LogP contribution is -2.48. The van der Waals surface area contributed by atoms with Crippen molar-refractivity contribution in [3.63, 3.8) is 0 Å². The molecule has 2 aromatic rings.